The number of phenols is 1. The minimum Gasteiger partial charge on any atom is -0.505 e. The highest BCUT2D eigenvalue weighted by molar-refractivity contribution is 5.79. The highest BCUT2D eigenvalue weighted by Crippen LogP contribution is 2.16. The Kier molecular flexibility index (Phi) is 5.62. The van der Waals surface area contributed by atoms with Gasteiger partial charge in [0, 0.05) is 32.5 Å². The zero-order valence-corrected chi connectivity index (χ0v) is 13.8. The lowest BCUT2D eigenvalue weighted by atomic mass is 10.2. The second-order valence-electron chi connectivity index (χ2n) is 5.42. The quantitative estimate of drug-likeness (QED) is 0.658. The third-order valence-electron chi connectivity index (χ3n) is 3.57. The lowest BCUT2D eigenvalue weighted by Gasteiger charge is -2.22. The smallest absolute Gasteiger partial charge is 0.194 e. The Morgan fingerprint density at radius 2 is 2.17 bits per heavy atom. The summed E-state index contributed by atoms with van der Waals surface area (Å²) in [5, 5.41) is 12.5. The van der Waals surface area contributed by atoms with Crippen molar-refractivity contribution in [3.05, 3.63) is 53.6 Å². The number of aliphatic imine (C=N–C) groups is 1. The fraction of sp³-hybridized carbons (Fsp3) is 0.353. The predicted molar refractivity (Wildman–Crippen MR) is 89.8 cm³/mol. The van der Waals surface area contributed by atoms with Gasteiger partial charge in [-0.05, 0) is 36.8 Å². The van der Waals surface area contributed by atoms with Crippen LogP contribution in [0.1, 0.15) is 18.2 Å². The lowest BCUT2D eigenvalue weighted by Crippen LogP contribution is -2.38. The Morgan fingerprint density at radius 3 is 2.78 bits per heavy atom. The van der Waals surface area contributed by atoms with Gasteiger partial charge in [0.1, 0.15) is 0 Å². The first-order chi connectivity index (χ1) is 11.0. The molecule has 2 N–H and O–H groups in total. The normalized spacial score (nSPS) is 11.6. The Hall–Kier alpha value is -2.50. The summed E-state index contributed by atoms with van der Waals surface area (Å²) in [4.78, 5) is 6.56. The fourth-order valence-electron chi connectivity index (χ4n) is 2.26. The number of aromatic hydroxyl groups is 1. The van der Waals surface area contributed by atoms with Crippen LogP contribution in [0, 0.1) is 5.82 Å². The number of rotatable bonds is 5. The van der Waals surface area contributed by atoms with Gasteiger partial charge < -0.3 is 19.9 Å². The standard InChI is InChI=1S/C17H23FN4O/c1-4-19-17(22(3)12-14-6-5-9-21(14)2)20-11-13-7-8-16(23)15(18)10-13/h5-10,23H,4,11-12H2,1-3H3,(H,19,20). The third kappa shape index (κ3) is 4.48. The van der Waals surface area contributed by atoms with Crippen LogP contribution < -0.4 is 5.32 Å². The molecule has 0 aliphatic rings. The van der Waals surface area contributed by atoms with Gasteiger partial charge in [-0.25, -0.2) is 9.38 Å². The average molecular weight is 318 g/mol. The van der Waals surface area contributed by atoms with Crippen molar-refractivity contribution in [2.75, 3.05) is 13.6 Å². The molecule has 5 nitrogen and oxygen atoms in total. The van der Waals surface area contributed by atoms with Gasteiger partial charge in [0.2, 0.25) is 0 Å². The average Bonchev–Trinajstić information content (AvgIpc) is 2.92. The van der Waals surface area contributed by atoms with Gasteiger partial charge in [-0.3, -0.25) is 0 Å². The number of benzene rings is 1. The Labute approximate surface area is 136 Å². The zero-order valence-electron chi connectivity index (χ0n) is 13.8. The van der Waals surface area contributed by atoms with Crippen molar-refractivity contribution in [1.82, 2.24) is 14.8 Å². The Balaban J connectivity index is 2.09. The minimum absolute atomic E-state index is 0.342. The number of guanidine groups is 1. The number of nitrogens with zero attached hydrogens (tertiary/aromatic N) is 3. The van der Waals surface area contributed by atoms with E-state index >= 15 is 0 Å². The maximum atomic E-state index is 13.4. The molecule has 0 spiro atoms. The van der Waals surface area contributed by atoms with Crippen molar-refractivity contribution in [2.24, 2.45) is 12.0 Å². The van der Waals surface area contributed by atoms with Gasteiger partial charge in [0.15, 0.2) is 17.5 Å². The number of nitrogens with one attached hydrogen (secondary N) is 1. The molecule has 0 amide bonds. The Morgan fingerprint density at radius 1 is 1.39 bits per heavy atom. The van der Waals surface area contributed by atoms with Crippen LogP contribution >= 0.6 is 0 Å². The van der Waals surface area contributed by atoms with Crippen molar-refractivity contribution in [2.45, 2.75) is 20.0 Å². The largest absolute Gasteiger partial charge is 0.505 e. The fourth-order valence-corrected chi connectivity index (χ4v) is 2.26. The molecular weight excluding hydrogens is 295 g/mol. The topological polar surface area (TPSA) is 52.8 Å². The number of hydrogen-bond acceptors (Lipinski definition) is 2. The van der Waals surface area contributed by atoms with E-state index in [9.17, 15) is 9.50 Å². The van der Waals surface area contributed by atoms with E-state index in [0.29, 0.717) is 12.1 Å². The van der Waals surface area contributed by atoms with E-state index in [1.54, 1.807) is 6.07 Å². The van der Waals surface area contributed by atoms with Crippen LogP contribution in [-0.2, 0) is 20.1 Å². The molecule has 0 aliphatic heterocycles. The highest BCUT2D eigenvalue weighted by Gasteiger charge is 2.08. The van der Waals surface area contributed by atoms with E-state index in [0.717, 1.165) is 19.0 Å². The summed E-state index contributed by atoms with van der Waals surface area (Å²) in [6.07, 6.45) is 2.01. The number of aryl methyl sites for hydroxylation is 1. The van der Waals surface area contributed by atoms with E-state index < -0.39 is 5.82 Å². The molecule has 2 aromatic rings. The molecule has 124 valence electrons. The lowest BCUT2D eigenvalue weighted by molar-refractivity contribution is 0.431. The van der Waals surface area contributed by atoms with Crippen LogP contribution in [0.2, 0.25) is 0 Å². The SMILES string of the molecule is CCNC(=NCc1ccc(O)c(F)c1)N(C)Cc1cccn1C. The number of aromatic nitrogens is 1. The van der Waals surface area contributed by atoms with Crippen LogP contribution in [0.5, 0.6) is 5.75 Å². The van der Waals surface area contributed by atoms with Crippen LogP contribution in [0.3, 0.4) is 0 Å². The van der Waals surface area contributed by atoms with Crippen molar-refractivity contribution in [3.63, 3.8) is 0 Å². The maximum absolute atomic E-state index is 13.4. The first-order valence-electron chi connectivity index (χ1n) is 7.58. The van der Waals surface area contributed by atoms with Gasteiger partial charge in [0.25, 0.3) is 0 Å². The molecule has 0 saturated heterocycles. The van der Waals surface area contributed by atoms with Crippen LogP contribution in [-0.4, -0.2) is 34.1 Å². The molecule has 6 heteroatoms. The molecular formula is C17H23FN4O. The zero-order chi connectivity index (χ0) is 16.8. The van der Waals surface area contributed by atoms with Gasteiger partial charge in [-0.15, -0.1) is 0 Å². The van der Waals surface area contributed by atoms with E-state index in [1.165, 1.54) is 17.8 Å². The summed E-state index contributed by atoms with van der Waals surface area (Å²) in [5.74, 6) is -0.215. The number of hydrogen-bond donors (Lipinski definition) is 2. The van der Waals surface area contributed by atoms with Gasteiger partial charge >= 0.3 is 0 Å². The van der Waals surface area contributed by atoms with Crippen molar-refractivity contribution in [3.8, 4) is 5.75 Å². The number of phenolic OH excluding ortho intramolecular Hbond substituents is 1. The molecule has 0 bridgehead atoms. The molecule has 0 aliphatic carbocycles. The van der Waals surface area contributed by atoms with Gasteiger partial charge in [-0.1, -0.05) is 6.07 Å². The molecule has 1 heterocycles. The van der Waals surface area contributed by atoms with Gasteiger partial charge in [-0.2, -0.15) is 0 Å². The molecule has 2 rings (SSSR count). The summed E-state index contributed by atoms with van der Waals surface area (Å²) in [6.45, 7) is 3.82. The van der Waals surface area contributed by atoms with Crippen LogP contribution in [0.25, 0.3) is 0 Å². The summed E-state index contributed by atoms with van der Waals surface area (Å²) >= 11 is 0. The van der Waals surface area contributed by atoms with E-state index in [1.807, 2.05) is 38.2 Å². The van der Waals surface area contributed by atoms with E-state index in [4.69, 9.17) is 0 Å². The Bertz CT molecular complexity index is 681. The first-order valence-corrected chi connectivity index (χ1v) is 7.58. The second kappa shape index (κ2) is 7.67. The third-order valence-corrected chi connectivity index (χ3v) is 3.57. The highest BCUT2D eigenvalue weighted by atomic mass is 19.1. The summed E-state index contributed by atoms with van der Waals surface area (Å²) < 4.78 is 15.4. The minimum atomic E-state index is -0.625. The maximum Gasteiger partial charge on any atom is 0.194 e. The van der Waals surface area contributed by atoms with Crippen molar-refractivity contribution >= 4 is 5.96 Å². The van der Waals surface area contributed by atoms with Gasteiger partial charge in [0.05, 0.1) is 13.1 Å². The molecule has 0 radical (unpaired) electrons. The van der Waals surface area contributed by atoms with Crippen LogP contribution in [0.15, 0.2) is 41.5 Å². The number of halogens is 1. The summed E-state index contributed by atoms with van der Waals surface area (Å²) in [6, 6.07) is 8.39. The molecule has 0 fully saturated rings. The van der Waals surface area contributed by atoms with Crippen LogP contribution in [0.4, 0.5) is 4.39 Å². The molecule has 23 heavy (non-hydrogen) atoms. The summed E-state index contributed by atoms with van der Waals surface area (Å²) in [7, 11) is 3.97. The monoisotopic (exact) mass is 318 g/mol. The summed E-state index contributed by atoms with van der Waals surface area (Å²) in [5.41, 5.74) is 1.89. The predicted octanol–water partition coefficient (Wildman–Crippen LogP) is 2.47. The van der Waals surface area contributed by atoms with E-state index in [-0.39, 0.29) is 5.75 Å². The molecule has 0 unspecified atom stereocenters. The molecule has 1 aromatic heterocycles. The van der Waals surface area contributed by atoms with Crippen molar-refractivity contribution in [1.29, 1.82) is 0 Å². The van der Waals surface area contributed by atoms with Crippen molar-refractivity contribution < 1.29 is 9.50 Å². The molecule has 1 aromatic carbocycles. The molecule has 0 saturated carbocycles. The first kappa shape index (κ1) is 16.9. The second-order valence-corrected chi connectivity index (χ2v) is 5.42. The van der Waals surface area contributed by atoms with E-state index in [2.05, 4.69) is 20.9 Å². The molecule has 0 atom stereocenters.